The summed E-state index contributed by atoms with van der Waals surface area (Å²) in [6.07, 6.45) is 0.834. The number of ether oxygens (including phenoxy) is 2. The molecule has 0 unspecified atom stereocenters. The van der Waals surface area contributed by atoms with Gasteiger partial charge in [-0.1, -0.05) is 12.1 Å². The lowest BCUT2D eigenvalue weighted by Gasteiger charge is -2.35. The van der Waals surface area contributed by atoms with Crippen LogP contribution in [0.25, 0.3) is 0 Å². The Morgan fingerprint density at radius 3 is 2.00 bits per heavy atom. The van der Waals surface area contributed by atoms with Crippen LogP contribution in [0.5, 0.6) is 11.5 Å². The van der Waals surface area contributed by atoms with Gasteiger partial charge < -0.3 is 14.4 Å². The predicted octanol–water partition coefficient (Wildman–Crippen LogP) is 3.26. The average molecular weight is 404 g/mol. The van der Waals surface area contributed by atoms with Gasteiger partial charge in [0.25, 0.3) is 0 Å². The summed E-state index contributed by atoms with van der Waals surface area (Å²) in [6.45, 7) is 3.37. The second-order valence-corrected chi connectivity index (χ2v) is 7.09. The normalized spacial score (nSPS) is 14.7. The van der Waals surface area contributed by atoms with Gasteiger partial charge in [-0.25, -0.2) is 8.78 Å². The van der Waals surface area contributed by atoms with E-state index < -0.39 is 5.82 Å². The van der Waals surface area contributed by atoms with Crippen LogP contribution in [0.15, 0.2) is 36.4 Å². The summed E-state index contributed by atoms with van der Waals surface area (Å²) in [7, 11) is 2.87. The first kappa shape index (κ1) is 21.0. The summed E-state index contributed by atoms with van der Waals surface area (Å²) in [4.78, 5) is 16.5. The predicted molar refractivity (Wildman–Crippen MR) is 106 cm³/mol. The van der Waals surface area contributed by atoms with Crippen LogP contribution in [0.2, 0.25) is 0 Å². The van der Waals surface area contributed by atoms with Gasteiger partial charge in [0.2, 0.25) is 5.91 Å². The van der Waals surface area contributed by atoms with Gasteiger partial charge in [0.05, 0.1) is 14.2 Å². The highest BCUT2D eigenvalue weighted by Gasteiger charge is 2.21. The van der Waals surface area contributed by atoms with E-state index in [-0.39, 0.29) is 23.2 Å². The fraction of sp³-hybridized carbons (Fsp3) is 0.409. The van der Waals surface area contributed by atoms with Crippen molar-refractivity contribution in [2.75, 3.05) is 40.4 Å². The molecule has 1 heterocycles. The standard InChI is InChI=1S/C22H26F2N2O3/c1-28-20-6-3-16(13-18(20)23)5-8-22(27)26-11-9-25(10-12-26)15-17-4-7-21(29-2)19(24)14-17/h3-4,6-7,13-14H,5,8-12,15H2,1-2H3. The number of carbonyl (C=O) groups is 1. The first-order valence-corrected chi connectivity index (χ1v) is 9.65. The number of hydrogen-bond donors (Lipinski definition) is 0. The smallest absolute Gasteiger partial charge is 0.222 e. The molecule has 0 aliphatic carbocycles. The zero-order valence-electron chi connectivity index (χ0n) is 16.8. The SMILES string of the molecule is COc1ccc(CCC(=O)N2CCN(Cc3ccc(OC)c(F)c3)CC2)cc1F. The van der Waals surface area contributed by atoms with E-state index in [1.165, 1.54) is 26.4 Å². The van der Waals surface area contributed by atoms with Crippen molar-refractivity contribution in [3.05, 3.63) is 59.2 Å². The number of methoxy groups -OCH3 is 2. The van der Waals surface area contributed by atoms with Crippen LogP contribution in [-0.2, 0) is 17.8 Å². The third kappa shape index (κ3) is 5.44. The van der Waals surface area contributed by atoms with E-state index in [2.05, 4.69) is 4.90 Å². The zero-order valence-corrected chi connectivity index (χ0v) is 16.8. The van der Waals surface area contributed by atoms with Gasteiger partial charge in [-0.05, 0) is 41.8 Å². The number of hydrogen-bond acceptors (Lipinski definition) is 4. The molecule has 1 aliphatic heterocycles. The number of aryl methyl sites for hydroxylation is 1. The maximum atomic E-state index is 13.8. The van der Waals surface area contributed by atoms with Gasteiger partial charge >= 0.3 is 0 Å². The van der Waals surface area contributed by atoms with Crippen LogP contribution < -0.4 is 9.47 Å². The van der Waals surface area contributed by atoms with Gasteiger partial charge in [0.15, 0.2) is 23.1 Å². The summed E-state index contributed by atoms with van der Waals surface area (Å²) >= 11 is 0. The van der Waals surface area contributed by atoms with E-state index >= 15 is 0 Å². The molecule has 0 spiro atoms. The first-order chi connectivity index (χ1) is 14.0. The Kier molecular flexibility index (Phi) is 7.04. The summed E-state index contributed by atoms with van der Waals surface area (Å²) in [5.41, 5.74) is 1.65. The summed E-state index contributed by atoms with van der Waals surface area (Å²) < 4.78 is 37.5. The van der Waals surface area contributed by atoms with E-state index in [9.17, 15) is 13.6 Å². The Morgan fingerprint density at radius 1 is 0.897 bits per heavy atom. The highest BCUT2D eigenvalue weighted by molar-refractivity contribution is 5.76. The number of amides is 1. The maximum Gasteiger partial charge on any atom is 0.222 e. The molecule has 156 valence electrons. The minimum Gasteiger partial charge on any atom is -0.494 e. The Hall–Kier alpha value is -2.67. The first-order valence-electron chi connectivity index (χ1n) is 9.65. The number of halogens is 2. The monoisotopic (exact) mass is 404 g/mol. The molecule has 0 atom stereocenters. The molecule has 2 aromatic carbocycles. The fourth-order valence-corrected chi connectivity index (χ4v) is 3.50. The third-order valence-electron chi connectivity index (χ3n) is 5.19. The molecule has 29 heavy (non-hydrogen) atoms. The second-order valence-electron chi connectivity index (χ2n) is 7.09. The minimum atomic E-state index is -0.416. The molecule has 7 heteroatoms. The van der Waals surface area contributed by atoms with E-state index in [4.69, 9.17) is 9.47 Å². The summed E-state index contributed by atoms with van der Waals surface area (Å²) in [5.74, 6) is -0.278. The van der Waals surface area contributed by atoms with Crippen LogP contribution in [0.4, 0.5) is 8.78 Å². The van der Waals surface area contributed by atoms with Crippen molar-refractivity contribution in [1.82, 2.24) is 9.80 Å². The van der Waals surface area contributed by atoms with Crippen LogP contribution >= 0.6 is 0 Å². The van der Waals surface area contributed by atoms with E-state index in [0.29, 0.717) is 32.5 Å². The Labute approximate surface area is 169 Å². The van der Waals surface area contributed by atoms with Crippen LogP contribution in [-0.4, -0.2) is 56.1 Å². The van der Waals surface area contributed by atoms with Gasteiger partial charge in [0.1, 0.15) is 0 Å². The molecule has 3 rings (SSSR count). The Morgan fingerprint density at radius 2 is 1.45 bits per heavy atom. The lowest BCUT2D eigenvalue weighted by Crippen LogP contribution is -2.48. The third-order valence-corrected chi connectivity index (χ3v) is 5.19. The molecule has 2 aromatic rings. The zero-order chi connectivity index (χ0) is 20.8. The van der Waals surface area contributed by atoms with Crippen molar-refractivity contribution in [3.63, 3.8) is 0 Å². The molecule has 1 fully saturated rings. The topological polar surface area (TPSA) is 42.0 Å². The summed E-state index contributed by atoms with van der Waals surface area (Å²) in [5, 5.41) is 0. The lowest BCUT2D eigenvalue weighted by molar-refractivity contribution is -0.133. The van der Waals surface area contributed by atoms with Crippen LogP contribution in [0, 0.1) is 11.6 Å². The molecule has 1 saturated heterocycles. The van der Waals surface area contributed by atoms with Gasteiger partial charge in [-0.3, -0.25) is 9.69 Å². The molecule has 1 aliphatic rings. The minimum absolute atomic E-state index is 0.0661. The lowest BCUT2D eigenvalue weighted by atomic mass is 10.1. The van der Waals surface area contributed by atoms with Gasteiger partial charge in [-0.2, -0.15) is 0 Å². The van der Waals surface area contributed by atoms with Crippen molar-refractivity contribution >= 4 is 5.91 Å². The molecule has 0 saturated carbocycles. The quantitative estimate of drug-likeness (QED) is 0.711. The number of benzene rings is 2. The number of piperazine rings is 1. The maximum absolute atomic E-state index is 13.8. The van der Waals surface area contributed by atoms with E-state index in [1.54, 1.807) is 18.2 Å². The number of carbonyl (C=O) groups excluding carboxylic acids is 1. The van der Waals surface area contributed by atoms with Crippen molar-refractivity contribution in [3.8, 4) is 11.5 Å². The molecule has 0 radical (unpaired) electrons. The molecule has 0 N–H and O–H groups in total. The van der Waals surface area contributed by atoms with Gasteiger partial charge in [-0.15, -0.1) is 0 Å². The average Bonchev–Trinajstić information content (AvgIpc) is 2.73. The van der Waals surface area contributed by atoms with Gasteiger partial charge in [0, 0.05) is 39.1 Å². The number of rotatable bonds is 7. The van der Waals surface area contributed by atoms with Crippen molar-refractivity contribution in [1.29, 1.82) is 0 Å². The number of nitrogens with zero attached hydrogens (tertiary/aromatic N) is 2. The van der Waals surface area contributed by atoms with E-state index in [1.807, 2.05) is 11.0 Å². The largest absolute Gasteiger partial charge is 0.494 e. The fourth-order valence-electron chi connectivity index (χ4n) is 3.50. The van der Waals surface area contributed by atoms with Crippen LogP contribution in [0.1, 0.15) is 17.5 Å². The molecular formula is C22H26F2N2O3. The van der Waals surface area contributed by atoms with Crippen LogP contribution in [0.3, 0.4) is 0 Å². The molecule has 5 nitrogen and oxygen atoms in total. The molecule has 1 amide bonds. The highest BCUT2D eigenvalue weighted by Crippen LogP contribution is 2.20. The van der Waals surface area contributed by atoms with Crippen molar-refractivity contribution in [2.24, 2.45) is 0 Å². The highest BCUT2D eigenvalue weighted by atomic mass is 19.1. The van der Waals surface area contributed by atoms with E-state index in [0.717, 1.165) is 24.2 Å². The molecular weight excluding hydrogens is 378 g/mol. The van der Waals surface area contributed by atoms with Crippen molar-refractivity contribution in [2.45, 2.75) is 19.4 Å². The molecule has 0 aromatic heterocycles. The van der Waals surface area contributed by atoms with Crippen molar-refractivity contribution < 1.29 is 23.0 Å². The Balaban J connectivity index is 1.45. The molecule has 0 bridgehead atoms. The Bertz CT molecular complexity index is 852. The summed E-state index contributed by atoms with van der Waals surface area (Å²) in [6, 6.07) is 9.75. The second kappa shape index (κ2) is 9.69.